The molecule has 0 aromatic heterocycles. The first-order valence-corrected chi connectivity index (χ1v) is 13.2. The molecule has 10 nitrogen and oxygen atoms in total. The summed E-state index contributed by atoms with van der Waals surface area (Å²) >= 11 is 0. The van der Waals surface area contributed by atoms with Crippen molar-refractivity contribution in [3.63, 3.8) is 0 Å². The molecule has 1 saturated heterocycles. The average Bonchev–Trinajstić information content (AvgIpc) is 3.30. The zero-order valence-electron chi connectivity index (χ0n) is 23.3. The molecule has 3 rings (SSSR count). The summed E-state index contributed by atoms with van der Waals surface area (Å²) in [5.74, 6) is -0.911. The third-order valence-corrected chi connectivity index (χ3v) is 7.85. The van der Waals surface area contributed by atoms with E-state index in [0.717, 1.165) is 31.2 Å². The van der Waals surface area contributed by atoms with Crippen molar-refractivity contribution >= 4 is 30.1 Å². The van der Waals surface area contributed by atoms with Crippen molar-refractivity contribution in [2.24, 2.45) is 10.5 Å². The fraction of sp³-hybridized carbons (Fsp3) is 0.667. The number of hydrogen-bond donors (Lipinski definition) is 3. The predicted octanol–water partition coefficient (Wildman–Crippen LogP) is 3.58. The predicted molar refractivity (Wildman–Crippen MR) is 150 cm³/mol. The molecule has 1 aromatic rings. The Morgan fingerprint density at radius 1 is 1.26 bits per heavy atom. The summed E-state index contributed by atoms with van der Waals surface area (Å²) in [6.07, 6.45) is 3.70. The van der Waals surface area contributed by atoms with Crippen LogP contribution in [0.5, 0.6) is 0 Å². The van der Waals surface area contributed by atoms with Gasteiger partial charge >= 0.3 is 0 Å². The van der Waals surface area contributed by atoms with Crippen LogP contribution in [-0.4, -0.2) is 60.4 Å². The van der Waals surface area contributed by atoms with E-state index < -0.39 is 35.1 Å². The Labute approximate surface area is 231 Å². The molecule has 1 aliphatic heterocycles. The first-order chi connectivity index (χ1) is 17.5. The van der Waals surface area contributed by atoms with E-state index >= 15 is 0 Å². The van der Waals surface area contributed by atoms with E-state index in [2.05, 4.69) is 45.0 Å². The number of nitrogens with zero attached hydrogens (tertiary/aromatic N) is 4. The number of rotatable bonds is 8. The average molecular weight is 548 g/mol. The molecule has 3 N–H and O–H groups in total. The first-order valence-electron chi connectivity index (χ1n) is 13.2. The van der Waals surface area contributed by atoms with E-state index in [9.17, 15) is 14.4 Å². The maximum atomic E-state index is 13.9. The number of likely N-dealkylation sites (tertiary alicyclic amines) is 1. The molecule has 11 heteroatoms. The Kier molecular flexibility index (Phi) is 10.6. The first kappa shape index (κ1) is 31.4. The summed E-state index contributed by atoms with van der Waals surface area (Å²) < 4.78 is 0. The molecule has 1 heterocycles. The van der Waals surface area contributed by atoms with Crippen molar-refractivity contribution in [2.75, 3.05) is 13.6 Å². The standard InChI is InChI=1S/C27H41N7O3.ClH/c1-7-27(14-10-12-18-11-8-9-13-20(18)27)31-24(36)21-15-19(32-33-28)16-34(21)25(37)22(26(3,4)5)30-23(35)17(2)29-6;/h8-9,11,13,17,19,21-22,29H,7,10,12,14-16H2,1-6H3,(H,30,35)(H,31,36);1H/t17-,19-,21-,22+,27-;/m0./s1. The Morgan fingerprint density at radius 2 is 1.95 bits per heavy atom. The van der Waals surface area contributed by atoms with Crippen molar-refractivity contribution < 1.29 is 14.4 Å². The molecule has 1 aromatic carbocycles. The smallest absolute Gasteiger partial charge is 0.246 e. The minimum Gasteiger partial charge on any atom is -0.345 e. The van der Waals surface area contributed by atoms with Gasteiger partial charge in [0, 0.05) is 11.5 Å². The molecule has 0 unspecified atom stereocenters. The number of amides is 3. The van der Waals surface area contributed by atoms with Crippen LogP contribution in [0.1, 0.15) is 71.4 Å². The topological polar surface area (TPSA) is 139 Å². The normalized spacial score (nSPS) is 24.2. The molecule has 5 atom stereocenters. The highest BCUT2D eigenvalue weighted by molar-refractivity contribution is 5.94. The lowest BCUT2D eigenvalue weighted by molar-refractivity contribution is -0.144. The number of nitrogens with one attached hydrogen (secondary N) is 3. The van der Waals surface area contributed by atoms with Gasteiger partial charge in [0.1, 0.15) is 12.1 Å². The number of carbonyl (C=O) groups excluding carboxylic acids is 3. The zero-order valence-corrected chi connectivity index (χ0v) is 24.1. The van der Waals surface area contributed by atoms with Crippen LogP contribution in [0.2, 0.25) is 0 Å². The third kappa shape index (κ3) is 6.60. The van der Waals surface area contributed by atoms with Gasteiger partial charge in [-0.1, -0.05) is 57.1 Å². The minimum atomic E-state index is -0.855. The highest BCUT2D eigenvalue weighted by Gasteiger charge is 2.47. The van der Waals surface area contributed by atoms with Gasteiger partial charge in [-0.25, -0.2) is 0 Å². The second-order valence-corrected chi connectivity index (χ2v) is 11.4. The van der Waals surface area contributed by atoms with E-state index in [4.69, 9.17) is 5.53 Å². The van der Waals surface area contributed by atoms with Crippen molar-refractivity contribution in [1.29, 1.82) is 0 Å². The Bertz CT molecular complexity index is 1070. The quantitative estimate of drug-likeness (QED) is 0.260. The lowest BCUT2D eigenvalue weighted by Gasteiger charge is -2.41. The van der Waals surface area contributed by atoms with Crippen molar-refractivity contribution in [1.82, 2.24) is 20.9 Å². The van der Waals surface area contributed by atoms with E-state index in [0.29, 0.717) is 0 Å². The number of fused-ring (bicyclic) bond motifs is 1. The van der Waals surface area contributed by atoms with E-state index in [-0.39, 0.29) is 43.1 Å². The van der Waals surface area contributed by atoms with Crippen LogP contribution in [-0.2, 0) is 26.3 Å². The number of benzene rings is 1. The molecule has 38 heavy (non-hydrogen) atoms. The lowest BCUT2D eigenvalue weighted by Crippen LogP contribution is -2.60. The number of azide groups is 1. The Morgan fingerprint density at radius 3 is 2.55 bits per heavy atom. The highest BCUT2D eigenvalue weighted by atomic mass is 35.5. The molecule has 0 bridgehead atoms. The van der Waals surface area contributed by atoms with Crippen LogP contribution in [0.25, 0.3) is 10.4 Å². The molecule has 0 radical (unpaired) electrons. The molecule has 210 valence electrons. The van der Waals surface area contributed by atoms with Gasteiger partial charge in [0.05, 0.1) is 17.6 Å². The summed E-state index contributed by atoms with van der Waals surface area (Å²) in [6, 6.07) is 5.53. The van der Waals surface area contributed by atoms with Crippen LogP contribution < -0.4 is 16.0 Å². The van der Waals surface area contributed by atoms with Gasteiger partial charge in [0.15, 0.2) is 0 Å². The fourth-order valence-electron chi connectivity index (χ4n) is 5.50. The number of hydrogen-bond acceptors (Lipinski definition) is 5. The van der Waals surface area contributed by atoms with Gasteiger partial charge < -0.3 is 20.9 Å². The van der Waals surface area contributed by atoms with Gasteiger partial charge in [0.2, 0.25) is 17.7 Å². The van der Waals surface area contributed by atoms with Gasteiger partial charge in [-0.15, -0.1) is 12.4 Å². The summed E-state index contributed by atoms with van der Waals surface area (Å²) in [4.78, 5) is 44.9. The third-order valence-electron chi connectivity index (χ3n) is 7.85. The monoisotopic (exact) mass is 547 g/mol. The second-order valence-electron chi connectivity index (χ2n) is 11.4. The van der Waals surface area contributed by atoms with Crippen molar-refractivity contribution in [3.8, 4) is 0 Å². The molecule has 3 amide bonds. The molecular formula is C27H42ClN7O3. The van der Waals surface area contributed by atoms with Gasteiger partial charge in [-0.2, -0.15) is 0 Å². The van der Waals surface area contributed by atoms with Crippen LogP contribution in [0, 0.1) is 5.41 Å². The number of halogens is 1. The van der Waals surface area contributed by atoms with Crippen molar-refractivity contribution in [2.45, 2.75) is 96.4 Å². The van der Waals surface area contributed by atoms with Crippen LogP contribution in [0.4, 0.5) is 0 Å². The summed E-state index contributed by atoms with van der Waals surface area (Å²) in [5.41, 5.74) is 10.3. The van der Waals surface area contributed by atoms with E-state index in [1.165, 1.54) is 10.5 Å². The summed E-state index contributed by atoms with van der Waals surface area (Å²) in [7, 11) is 1.68. The number of carbonyl (C=O) groups is 3. The van der Waals surface area contributed by atoms with Crippen LogP contribution >= 0.6 is 12.4 Å². The van der Waals surface area contributed by atoms with E-state index in [1.807, 2.05) is 32.9 Å². The van der Waals surface area contributed by atoms with Crippen LogP contribution in [0.3, 0.4) is 0 Å². The number of aryl methyl sites for hydroxylation is 1. The molecular weight excluding hydrogens is 506 g/mol. The van der Waals surface area contributed by atoms with Crippen LogP contribution in [0.15, 0.2) is 29.4 Å². The molecule has 1 aliphatic carbocycles. The van der Waals surface area contributed by atoms with Gasteiger partial charge in [0.25, 0.3) is 0 Å². The number of likely N-dealkylation sites (N-methyl/N-ethyl adjacent to an activating group) is 1. The molecule has 2 aliphatic rings. The minimum absolute atomic E-state index is 0. The summed E-state index contributed by atoms with van der Waals surface area (Å²) in [6.45, 7) is 9.54. The van der Waals surface area contributed by atoms with Gasteiger partial charge in [-0.3, -0.25) is 14.4 Å². The Balaban J connectivity index is 0.00000507. The van der Waals surface area contributed by atoms with E-state index in [1.54, 1.807) is 14.0 Å². The fourth-order valence-corrected chi connectivity index (χ4v) is 5.50. The molecule has 0 saturated carbocycles. The highest BCUT2D eigenvalue weighted by Crippen LogP contribution is 2.38. The maximum absolute atomic E-state index is 13.9. The zero-order chi connectivity index (χ0) is 27.4. The second kappa shape index (κ2) is 12.8. The summed E-state index contributed by atoms with van der Waals surface area (Å²) in [5, 5.41) is 12.9. The maximum Gasteiger partial charge on any atom is 0.246 e. The SMILES string of the molecule is CC[C@]1(NC(=O)[C@@H]2C[C@H](N=[N+]=[N-])CN2C(=O)[C@@H](NC(=O)[C@H](C)NC)C(C)(C)C)CCCc2ccccc21.Cl. The largest absolute Gasteiger partial charge is 0.345 e. The van der Waals surface area contributed by atoms with Crippen molar-refractivity contribution in [3.05, 3.63) is 45.8 Å². The lowest BCUT2D eigenvalue weighted by atomic mass is 9.74. The Hall–Kier alpha value is -2.81. The molecule has 0 spiro atoms. The van der Waals surface area contributed by atoms with Gasteiger partial charge in [-0.05, 0) is 68.1 Å². The molecule has 1 fully saturated rings.